The van der Waals surface area contributed by atoms with Crippen LogP contribution in [0.4, 0.5) is 13.2 Å². The second kappa shape index (κ2) is 6.83. The number of ether oxygens (including phenoxy) is 2. The number of benzene rings is 1. The summed E-state index contributed by atoms with van der Waals surface area (Å²) >= 11 is 0. The summed E-state index contributed by atoms with van der Waals surface area (Å²) in [5, 5.41) is 8.51. The van der Waals surface area contributed by atoms with Crippen LogP contribution in [0.2, 0.25) is 0 Å². The maximum absolute atomic E-state index is 12.0. The van der Waals surface area contributed by atoms with Crippen LogP contribution >= 0.6 is 0 Å². The standard InChI is InChI=1S/C13H13F3O4/c1-19-10-4-2-9(3-5-12(17)18)8-11(10)20-7-6-13(14,15)16/h2-5,8H,6-7H2,1H3,(H,17,18). The molecule has 0 aliphatic rings. The van der Waals surface area contributed by atoms with Crippen LogP contribution in [0.1, 0.15) is 12.0 Å². The first-order valence-corrected chi connectivity index (χ1v) is 5.60. The summed E-state index contributed by atoms with van der Waals surface area (Å²) < 4.78 is 46.1. The lowest BCUT2D eigenvalue weighted by atomic mass is 10.2. The van der Waals surface area contributed by atoms with Crippen molar-refractivity contribution < 1.29 is 32.5 Å². The van der Waals surface area contributed by atoms with E-state index in [9.17, 15) is 18.0 Å². The van der Waals surface area contributed by atoms with Gasteiger partial charge in [0.25, 0.3) is 0 Å². The summed E-state index contributed by atoms with van der Waals surface area (Å²) in [6.07, 6.45) is -3.15. The highest BCUT2D eigenvalue weighted by molar-refractivity contribution is 5.85. The van der Waals surface area contributed by atoms with Crippen LogP contribution in [0, 0.1) is 0 Å². The first-order chi connectivity index (χ1) is 9.31. The molecule has 0 bridgehead atoms. The van der Waals surface area contributed by atoms with E-state index < -0.39 is 25.2 Å². The summed E-state index contributed by atoms with van der Waals surface area (Å²) in [7, 11) is 1.36. The Morgan fingerprint density at radius 2 is 2.05 bits per heavy atom. The number of carboxylic acid groups (broad SMARTS) is 1. The molecule has 0 atom stereocenters. The Morgan fingerprint density at radius 1 is 1.35 bits per heavy atom. The molecule has 0 saturated heterocycles. The molecule has 0 aromatic heterocycles. The molecular formula is C13H13F3O4. The molecule has 0 radical (unpaired) electrons. The van der Waals surface area contributed by atoms with Crippen molar-refractivity contribution in [2.75, 3.05) is 13.7 Å². The Hall–Kier alpha value is -2.18. The molecule has 0 saturated carbocycles. The third-order valence-electron chi connectivity index (χ3n) is 2.25. The predicted octanol–water partition coefficient (Wildman–Crippen LogP) is 3.12. The van der Waals surface area contributed by atoms with Gasteiger partial charge in [0.2, 0.25) is 0 Å². The SMILES string of the molecule is COc1ccc(C=CC(=O)O)cc1OCCC(F)(F)F. The number of halogens is 3. The Labute approximate surface area is 113 Å². The molecule has 4 nitrogen and oxygen atoms in total. The quantitative estimate of drug-likeness (QED) is 0.818. The zero-order valence-electron chi connectivity index (χ0n) is 10.6. The van der Waals surface area contributed by atoms with Gasteiger partial charge in [-0.1, -0.05) is 6.07 Å². The summed E-state index contributed by atoms with van der Waals surface area (Å²) in [4.78, 5) is 10.4. The Kier molecular flexibility index (Phi) is 5.42. The van der Waals surface area contributed by atoms with Crippen LogP contribution in [-0.4, -0.2) is 31.0 Å². The zero-order chi connectivity index (χ0) is 15.2. The van der Waals surface area contributed by atoms with Crippen molar-refractivity contribution in [2.45, 2.75) is 12.6 Å². The maximum atomic E-state index is 12.0. The number of carboxylic acids is 1. The van der Waals surface area contributed by atoms with Gasteiger partial charge in [-0.15, -0.1) is 0 Å². The molecule has 0 heterocycles. The fraction of sp³-hybridized carbons (Fsp3) is 0.308. The van der Waals surface area contributed by atoms with Gasteiger partial charge in [0, 0.05) is 6.08 Å². The van der Waals surface area contributed by atoms with Crippen LogP contribution in [0.25, 0.3) is 6.08 Å². The van der Waals surface area contributed by atoms with Crippen molar-refractivity contribution in [1.29, 1.82) is 0 Å². The second-order valence-corrected chi connectivity index (χ2v) is 3.80. The van der Waals surface area contributed by atoms with Crippen molar-refractivity contribution in [3.8, 4) is 11.5 Å². The van der Waals surface area contributed by atoms with E-state index in [4.69, 9.17) is 14.6 Å². The average molecular weight is 290 g/mol. The Morgan fingerprint density at radius 3 is 2.60 bits per heavy atom. The van der Waals surface area contributed by atoms with Gasteiger partial charge in [-0.25, -0.2) is 4.79 Å². The lowest BCUT2D eigenvalue weighted by Gasteiger charge is -2.12. The molecule has 1 rings (SSSR count). The second-order valence-electron chi connectivity index (χ2n) is 3.80. The highest BCUT2D eigenvalue weighted by atomic mass is 19.4. The number of methoxy groups -OCH3 is 1. The molecule has 20 heavy (non-hydrogen) atoms. The molecule has 110 valence electrons. The number of aliphatic carboxylic acids is 1. The van der Waals surface area contributed by atoms with Crippen molar-refractivity contribution >= 4 is 12.0 Å². The number of hydrogen-bond donors (Lipinski definition) is 1. The summed E-state index contributed by atoms with van der Waals surface area (Å²) in [5.74, 6) is -0.718. The maximum Gasteiger partial charge on any atom is 0.392 e. The van der Waals surface area contributed by atoms with Gasteiger partial charge >= 0.3 is 12.1 Å². The molecule has 1 N–H and O–H groups in total. The van der Waals surface area contributed by atoms with Crippen LogP contribution < -0.4 is 9.47 Å². The predicted molar refractivity (Wildman–Crippen MR) is 65.8 cm³/mol. The van der Waals surface area contributed by atoms with E-state index in [1.165, 1.54) is 25.3 Å². The molecule has 0 fully saturated rings. The lowest BCUT2D eigenvalue weighted by Crippen LogP contribution is -2.13. The molecule has 1 aromatic rings. The van der Waals surface area contributed by atoms with E-state index in [1.54, 1.807) is 6.07 Å². The number of rotatable bonds is 6. The number of hydrogen-bond acceptors (Lipinski definition) is 3. The first-order valence-electron chi connectivity index (χ1n) is 5.60. The Balaban J connectivity index is 2.81. The van der Waals surface area contributed by atoms with Crippen molar-refractivity contribution in [1.82, 2.24) is 0 Å². The molecule has 7 heteroatoms. The van der Waals surface area contributed by atoms with Gasteiger partial charge in [-0.05, 0) is 23.8 Å². The molecule has 0 unspecified atom stereocenters. The van der Waals surface area contributed by atoms with E-state index in [1.807, 2.05) is 0 Å². The highest BCUT2D eigenvalue weighted by Crippen LogP contribution is 2.29. The minimum Gasteiger partial charge on any atom is -0.493 e. The molecule has 0 amide bonds. The summed E-state index contributed by atoms with van der Waals surface area (Å²) in [6.45, 7) is -0.536. The van der Waals surface area contributed by atoms with Gasteiger partial charge < -0.3 is 14.6 Å². The van der Waals surface area contributed by atoms with Crippen LogP contribution in [0.15, 0.2) is 24.3 Å². The summed E-state index contributed by atoms with van der Waals surface area (Å²) in [6, 6.07) is 4.47. The van der Waals surface area contributed by atoms with Gasteiger partial charge in [-0.2, -0.15) is 13.2 Å². The van der Waals surface area contributed by atoms with Gasteiger partial charge in [0.1, 0.15) is 0 Å². The number of carbonyl (C=O) groups is 1. The average Bonchev–Trinajstić information content (AvgIpc) is 2.35. The van der Waals surface area contributed by atoms with E-state index in [0.29, 0.717) is 5.56 Å². The summed E-state index contributed by atoms with van der Waals surface area (Å²) in [5.41, 5.74) is 0.482. The van der Waals surface area contributed by atoms with Crippen LogP contribution in [0.3, 0.4) is 0 Å². The van der Waals surface area contributed by atoms with Crippen LogP contribution in [-0.2, 0) is 4.79 Å². The molecule has 0 aliphatic carbocycles. The zero-order valence-corrected chi connectivity index (χ0v) is 10.6. The molecule has 0 aliphatic heterocycles. The van der Waals surface area contributed by atoms with Gasteiger partial charge in [0.15, 0.2) is 11.5 Å². The largest absolute Gasteiger partial charge is 0.493 e. The lowest BCUT2D eigenvalue weighted by molar-refractivity contribution is -0.139. The third-order valence-corrected chi connectivity index (χ3v) is 2.25. The molecule has 1 aromatic carbocycles. The molecule has 0 spiro atoms. The fourth-order valence-electron chi connectivity index (χ4n) is 1.35. The third kappa shape index (κ3) is 5.64. The first kappa shape index (κ1) is 15.9. The van der Waals surface area contributed by atoms with E-state index >= 15 is 0 Å². The van der Waals surface area contributed by atoms with E-state index in [2.05, 4.69) is 0 Å². The number of alkyl halides is 3. The van der Waals surface area contributed by atoms with Crippen molar-refractivity contribution in [2.24, 2.45) is 0 Å². The van der Waals surface area contributed by atoms with Crippen LogP contribution in [0.5, 0.6) is 11.5 Å². The minimum atomic E-state index is -4.30. The smallest absolute Gasteiger partial charge is 0.392 e. The van der Waals surface area contributed by atoms with Gasteiger partial charge in [-0.3, -0.25) is 0 Å². The van der Waals surface area contributed by atoms with Crippen molar-refractivity contribution in [3.05, 3.63) is 29.8 Å². The molecular weight excluding hydrogens is 277 g/mol. The van der Waals surface area contributed by atoms with E-state index in [-0.39, 0.29) is 11.5 Å². The topological polar surface area (TPSA) is 55.8 Å². The van der Waals surface area contributed by atoms with Gasteiger partial charge in [0.05, 0.1) is 20.1 Å². The highest BCUT2D eigenvalue weighted by Gasteiger charge is 2.27. The Bertz CT molecular complexity index is 495. The van der Waals surface area contributed by atoms with Crippen molar-refractivity contribution in [3.63, 3.8) is 0 Å². The van der Waals surface area contributed by atoms with E-state index in [0.717, 1.165) is 6.08 Å². The minimum absolute atomic E-state index is 0.129. The fourth-order valence-corrected chi connectivity index (χ4v) is 1.35. The monoisotopic (exact) mass is 290 g/mol. The normalized spacial score (nSPS) is 11.6.